The van der Waals surface area contributed by atoms with Crippen LogP contribution in [0.2, 0.25) is 0 Å². The van der Waals surface area contributed by atoms with Gasteiger partial charge in [-0.15, -0.1) is 0 Å². The van der Waals surface area contributed by atoms with E-state index >= 15 is 0 Å². The Hall–Kier alpha value is -1.17. The van der Waals surface area contributed by atoms with Gasteiger partial charge < -0.3 is 4.98 Å². The maximum absolute atomic E-state index is 11.9. The van der Waals surface area contributed by atoms with Crippen molar-refractivity contribution in [2.45, 2.75) is 17.6 Å². The minimum atomic E-state index is -3.65. The summed E-state index contributed by atoms with van der Waals surface area (Å²) >= 11 is 0.659. The summed E-state index contributed by atoms with van der Waals surface area (Å²) in [4.78, 5) is 13.0. The van der Waals surface area contributed by atoms with Crippen LogP contribution in [-0.4, -0.2) is 31.3 Å². The number of nitrogens with one attached hydrogen (secondary N) is 1. The van der Waals surface area contributed by atoms with E-state index in [1.54, 1.807) is 0 Å². The lowest BCUT2D eigenvalue weighted by atomic mass is 10.5. The summed E-state index contributed by atoms with van der Waals surface area (Å²) in [7, 11) is -2.27. The van der Waals surface area contributed by atoms with E-state index < -0.39 is 14.9 Å². The molecule has 0 unspecified atom stereocenters. The van der Waals surface area contributed by atoms with Crippen molar-refractivity contribution in [3.63, 3.8) is 0 Å². The molecule has 0 fully saturated rings. The van der Waals surface area contributed by atoms with E-state index in [9.17, 15) is 13.2 Å². The summed E-state index contributed by atoms with van der Waals surface area (Å²) in [6.45, 7) is 1.65. The van der Waals surface area contributed by atoms with E-state index in [1.807, 2.05) is 6.07 Å². The van der Waals surface area contributed by atoms with Gasteiger partial charge in [0.25, 0.3) is 10.0 Å². The second-order valence-electron chi connectivity index (χ2n) is 3.16. The first-order valence-electron chi connectivity index (χ1n) is 4.42. The number of aromatic nitrogens is 1. The smallest absolute Gasteiger partial charge is 0.305 e. The van der Waals surface area contributed by atoms with Crippen LogP contribution in [0, 0.1) is 18.3 Å². The molecule has 1 aromatic heterocycles. The summed E-state index contributed by atoms with van der Waals surface area (Å²) < 4.78 is 25.0. The molecular weight excluding hydrogens is 250 g/mol. The zero-order valence-corrected chi connectivity index (χ0v) is 10.5. The summed E-state index contributed by atoms with van der Waals surface area (Å²) in [5.41, 5.74) is 0.332. The standard InChI is InChI=1S/C8H11N3O3S2/c1-6-7(15-8(12)10-6)16(13,14)11(2)5-3-4-9/h3,5H2,1-2H3,(H,10,12). The van der Waals surface area contributed by atoms with Crippen molar-refractivity contribution >= 4 is 21.4 Å². The van der Waals surface area contributed by atoms with Gasteiger partial charge in [0, 0.05) is 25.7 Å². The molecule has 0 saturated heterocycles. The lowest BCUT2D eigenvalue weighted by molar-refractivity contribution is 0.477. The van der Waals surface area contributed by atoms with Gasteiger partial charge in [0.05, 0.1) is 6.07 Å². The molecule has 0 aliphatic heterocycles. The average molecular weight is 261 g/mol. The third kappa shape index (κ3) is 2.49. The van der Waals surface area contributed by atoms with Crippen LogP contribution in [0.15, 0.2) is 9.00 Å². The number of thiazole rings is 1. The zero-order valence-electron chi connectivity index (χ0n) is 8.85. The number of H-pyrrole nitrogens is 1. The molecule has 0 spiro atoms. The molecule has 1 N–H and O–H groups in total. The number of hydrogen-bond donors (Lipinski definition) is 1. The van der Waals surface area contributed by atoms with Gasteiger partial charge in [0.2, 0.25) is 0 Å². The van der Waals surface area contributed by atoms with Crippen molar-refractivity contribution in [3.8, 4) is 6.07 Å². The molecule has 0 aromatic carbocycles. The second kappa shape index (κ2) is 4.78. The Morgan fingerprint density at radius 2 is 2.19 bits per heavy atom. The predicted molar refractivity (Wildman–Crippen MR) is 59.7 cm³/mol. The first-order valence-corrected chi connectivity index (χ1v) is 6.68. The molecule has 0 bridgehead atoms. The lowest BCUT2D eigenvalue weighted by Gasteiger charge is -2.14. The van der Waals surface area contributed by atoms with Crippen LogP contribution in [0.5, 0.6) is 0 Å². The summed E-state index contributed by atoms with van der Waals surface area (Å²) in [6, 6.07) is 1.87. The number of aryl methyl sites for hydroxylation is 1. The van der Waals surface area contributed by atoms with E-state index in [-0.39, 0.29) is 17.2 Å². The van der Waals surface area contributed by atoms with Crippen LogP contribution >= 0.6 is 11.3 Å². The molecule has 6 nitrogen and oxygen atoms in total. The van der Waals surface area contributed by atoms with E-state index in [2.05, 4.69) is 4.98 Å². The molecule has 0 radical (unpaired) electrons. The Balaban J connectivity index is 3.08. The summed E-state index contributed by atoms with van der Waals surface area (Å²) in [6.07, 6.45) is 0.119. The normalized spacial score (nSPS) is 11.6. The molecule has 0 atom stereocenters. The molecule has 0 amide bonds. The Bertz CT molecular complexity index is 564. The van der Waals surface area contributed by atoms with Crippen molar-refractivity contribution in [1.82, 2.24) is 9.29 Å². The van der Waals surface area contributed by atoms with Gasteiger partial charge in [0.1, 0.15) is 0 Å². The van der Waals surface area contributed by atoms with E-state index in [1.165, 1.54) is 14.0 Å². The Labute approximate surface area is 97.2 Å². The number of rotatable bonds is 4. The van der Waals surface area contributed by atoms with Crippen molar-refractivity contribution in [1.29, 1.82) is 5.26 Å². The lowest BCUT2D eigenvalue weighted by Crippen LogP contribution is -2.27. The fourth-order valence-corrected chi connectivity index (χ4v) is 3.77. The fraction of sp³-hybridized carbons (Fsp3) is 0.500. The van der Waals surface area contributed by atoms with E-state index in [0.717, 1.165) is 4.31 Å². The first-order chi connectivity index (χ1) is 7.39. The molecule has 1 aromatic rings. The quantitative estimate of drug-likeness (QED) is 0.842. The minimum absolute atomic E-state index is 0.0120. The number of aromatic amines is 1. The van der Waals surface area contributed by atoms with Crippen LogP contribution in [0.25, 0.3) is 0 Å². The van der Waals surface area contributed by atoms with Crippen LogP contribution in [-0.2, 0) is 10.0 Å². The molecule has 0 aliphatic rings. The highest BCUT2D eigenvalue weighted by Crippen LogP contribution is 2.19. The monoisotopic (exact) mass is 261 g/mol. The largest absolute Gasteiger partial charge is 0.315 e. The molecule has 1 heterocycles. The van der Waals surface area contributed by atoms with E-state index in [4.69, 9.17) is 5.26 Å². The predicted octanol–water partition coefficient (Wildman–Crippen LogP) is 0.279. The van der Waals surface area contributed by atoms with Gasteiger partial charge in [0.15, 0.2) is 4.21 Å². The number of hydrogen-bond acceptors (Lipinski definition) is 5. The Morgan fingerprint density at radius 3 is 2.62 bits per heavy atom. The van der Waals surface area contributed by atoms with Crippen molar-refractivity contribution < 1.29 is 8.42 Å². The summed E-state index contributed by atoms with van der Waals surface area (Å²) in [5, 5.41) is 8.39. The highest BCUT2D eigenvalue weighted by atomic mass is 32.2. The highest BCUT2D eigenvalue weighted by molar-refractivity contribution is 7.91. The highest BCUT2D eigenvalue weighted by Gasteiger charge is 2.25. The minimum Gasteiger partial charge on any atom is -0.315 e. The van der Waals surface area contributed by atoms with Crippen molar-refractivity contribution in [2.75, 3.05) is 13.6 Å². The Morgan fingerprint density at radius 1 is 1.56 bits per heavy atom. The van der Waals surface area contributed by atoms with Crippen LogP contribution in [0.4, 0.5) is 0 Å². The van der Waals surface area contributed by atoms with E-state index in [0.29, 0.717) is 17.0 Å². The van der Waals surface area contributed by atoms with Gasteiger partial charge in [-0.3, -0.25) is 4.79 Å². The maximum Gasteiger partial charge on any atom is 0.305 e. The van der Waals surface area contributed by atoms with Gasteiger partial charge in [-0.1, -0.05) is 11.3 Å². The van der Waals surface area contributed by atoms with Gasteiger partial charge in [-0.05, 0) is 6.92 Å². The van der Waals surface area contributed by atoms with Gasteiger partial charge in [-0.25, -0.2) is 8.42 Å². The Kier molecular flexibility index (Phi) is 3.85. The topological polar surface area (TPSA) is 94.0 Å². The van der Waals surface area contributed by atoms with Crippen molar-refractivity contribution in [3.05, 3.63) is 15.4 Å². The molecule has 0 aliphatic carbocycles. The summed E-state index contributed by atoms with van der Waals surface area (Å²) in [5.74, 6) is 0. The molecule has 1 rings (SSSR count). The average Bonchev–Trinajstić information content (AvgIpc) is 2.54. The molecule has 16 heavy (non-hydrogen) atoms. The number of nitrogens with zero attached hydrogens (tertiary/aromatic N) is 2. The zero-order chi connectivity index (χ0) is 12.3. The van der Waals surface area contributed by atoms with Crippen LogP contribution in [0.3, 0.4) is 0 Å². The molecule has 88 valence electrons. The SMILES string of the molecule is Cc1[nH]c(=O)sc1S(=O)(=O)N(C)CCC#N. The molecular formula is C8H11N3O3S2. The van der Waals surface area contributed by atoms with Crippen LogP contribution < -0.4 is 4.87 Å². The first kappa shape index (κ1) is 12.9. The third-order valence-corrected chi connectivity index (χ3v) is 5.40. The molecule has 0 saturated carbocycles. The maximum atomic E-state index is 11.9. The second-order valence-corrected chi connectivity index (χ2v) is 6.38. The number of sulfonamides is 1. The van der Waals surface area contributed by atoms with Crippen molar-refractivity contribution in [2.24, 2.45) is 0 Å². The fourth-order valence-electron chi connectivity index (χ4n) is 1.11. The van der Waals surface area contributed by atoms with Gasteiger partial charge in [-0.2, -0.15) is 9.57 Å². The van der Waals surface area contributed by atoms with Crippen LogP contribution in [0.1, 0.15) is 12.1 Å². The number of nitriles is 1. The van der Waals surface area contributed by atoms with Gasteiger partial charge >= 0.3 is 4.87 Å². The third-order valence-electron chi connectivity index (χ3n) is 1.96. The molecule has 8 heteroatoms.